The summed E-state index contributed by atoms with van der Waals surface area (Å²) in [6.07, 6.45) is 0. The first-order chi connectivity index (χ1) is 18.2. The summed E-state index contributed by atoms with van der Waals surface area (Å²) in [5, 5.41) is 6.51. The maximum absolute atomic E-state index is 13.9. The molecule has 5 rings (SSSR count). The van der Waals surface area contributed by atoms with Crippen molar-refractivity contribution in [2.24, 2.45) is 11.8 Å². The average molecular weight is 511 g/mol. The third-order valence-corrected chi connectivity index (χ3v) is 7.75. The van der Waals surface area contributed by atoms with Crippen molar-refractivity contribution >= 4 is 34.8 Å². The fraction of sp³-hybridized carbons (Fsp3) is 0.267. The Labute approximate surface area is 222 Å². The lowest BCUT2D eigenvalue weighted by molar-refractivity contribution is -0.120. The average Bonchev–Trinajstić information content (AvgIpc) is 3.30. The van der Waals surface area contributed by atoms with E-state index in [1.54, 1.807) is 48.4 Å². The molecule has 194 valence electrons. The second-order valence-corrected chi connectivity index (χ2v) is 9.83. The number of carbonyl (C=O) groups is 4. The van der Waals surface area contributed by atoms with Crippen molar-refractivity contribution in [1.29, 1.82) is 0 Å². The summed E-state index contributed by atoms with van der Waals surface area (Å²) in [6.45, 7) is 3.65. The van der Waals surface area contributed by atoms with Crippen molar-refractivity contribution in [3.63, 3.8) is 0 Å². The largest absolute Gasteiger partial charge is 0.293 e. The van der Waals surface area contributed by atoms with Crippen LogP contribution in [0.1, 0.15) is 34.6 Å². The van der Waals surface area contributed by atoms with Gasteiger partial charge in [0.25, 0.3) is 11.8 Å². The monoisotopic (exact) mass is 510 g/mol. The molecule has 0 saturated carbocycles. The zero-order valence-corrected chi connectivity index (χ0v) is 21.8. The van der Waals surface area contributed by atoms with E-state index in [2.05, 4.69) is 0 Å². The Balaban J connectivity index is 1.47. The molecule has 0 aromatic heterocycles. The maximum Gasteiger partial charge on any atom is 0.254 e. The number of hydrogen-bond donors (Lipinski definition) is 0. The summed E-state index contributed by atoms with van der Waals surface area (Å²) in [4.78, 5) is 54.9. The Hall–Kier alpha value is -4.14. The molecule has 8 nitrogen and oxygen atoms in total. The highest BCUT2D eigenvalue weighted by Gasteiger charge is 2.50. The molecule has 4 unspecified atom stereocenters. The number of para-hydroxylation sites is 2. The van der Waals surface area contributed by atoms with Gasteiger partial charge >= 0.3 is 0 Å². The number of hydrazine groups is 2. The van der Waals surface area contributed by atoms with Gasteiger partial charge in [-0.1, -0.05) is 60.7 Å². The van der Waals surface area contributed by atoms with Crippen LogP contribution in [-0.4, -0.2) is 59.6 Å². The van der Waals surface area contributed by atoms with Gasteiger partial charge in [0.15, 0.2) is 11.6 Å². The number of amides is 2. The molecule has 2 saturated heterocycles. The van der Waals surface area contributed by atoms with Gasteiger partial charge in [0.1, 0.15) is 11.8 Å². The van der Waals surface area contributed by atoms with E-state index in [9.17, 15) is 19.2 Å². The number of hydrogen-bond acceptors (Lipinski definition) is 6. The van der Waals surface area contributed by atoms with Gasteiger partial charge in [-0.25, -0.2) is 20.0 Å². The summed E-state index contributed by atoms with van der Waals surface area (Å²) in [6, 6.07) is 24.0. The molecule has 2 amide bonds. The number of Topliss-reactive ketones (excluding diaryl/α,β-unsaturated/α-hetero) is 2. The molecule has 4 atom stereocenters. The predicted octanol–water partition coefficient (Wildman–Crippen LogP) is 3.85. The van der Waals surface area contributed by atoms with E-state index in [1.807, 2.05) is 74.5 Å². The van der Waals surface area contributed by atoms with E-state index >= 15 is 0 Å². The van der Waals surface area contributed by atoms with Gasteiger partial charge in [-0.3, -0.25) is 19.2 Å². The first kappa shape index (κ1) is 25.5. The van der Waals surface area contributed by atoms with Gasteiger partial charge in [0.05, 0.1) is 11.4 Å². The predicted molar refractivity (Wildman–Crippen MR) is 144 cm³/mol. The van der Waals surface area contributed by atoms with E-state index in [0.29, 0.717) is 11.4 Å². The number of benzene rings is 3. The van der Waals surface area contributed by atoms with Gasteiger partial charge in [0, 0.05) is 37.3 Å². The molecule has 3 aromatic carbocycles. The van der Waals surface area contributed by atoms with Crippen LogP contribution in [0.2, 0.25) is 0 Å². The molecule has 3 aromatic rings. The number of rotatable bonds is 6. The second-order valence-electron chi connectivity index (χ2n) is 9.83. The Morgan fingerprint density at radius 2 is 0.868 bits per heavy atom. The molecule has 0 aliphatic carbocycles. The minimum absolute atomic E-state index is 0.159. The van der Waals surface area contributed by atoms with Crippen LogP contribution in [0, 0.1) is 11.8 Å². The molecule has 2 aliphatic heterocycles. The molecule has 2 aliphatic rings. The van der Waals surface area contributed by atoms with E-state index in [1.165, 1.54) is 10.0 Å². The van der Waals surface area contributed by atoms with Crippen molar-refractivity contribution in [3.8, 4) is 0 Å². The van der Waals surface area contributed by atoms with E-state index in [0.717, 1.165) is 0 Å². The van der Waals surface area contributed by atoms with Gasteiger partial charge in [-0.15, -0.1) is 0 Å². The third-order valence-electron chi connectivity index (χ3n) is 7.75. The quantitative estimate of drug-likeness (QED) is 0.370. The van der Waals surface area contributed by atoms with Crippen LogP contribution in [0.15, 0.2) is 84.9 Å². The standard InChI is InChI=1S/C30H30N4O4/c1-19-25(29(37)33(31(19)3)21-13-7-5-8-14-21)27(35)23-17-11-12-18-24(23)28(36)26-20(2)32(4)34(30(26)38)22-15-9-6-10-16-22/h5-20,25-26H,1-4H3. The Kier molecular flexibility index (Phi) is 6.69. The normalized spacial score (nSPS) is 24.3. The number of carbonyl (C=O) groups excluding carboxylic acids is 4. The molecule has 0 bridgehead atoms. The van der Waals surface area contributed by atoms with Crippen molar-refractivity contribution in [3.05, 3.63) is 96.1 Å². The fourth-order valence-electron chi connectivity index (χ4n) is 5.45. The molecule has 0 N–H and O–H groups in total. The summed E-state index contributed by atoms with van der Waals surface area (Å²) >= 11 is 0. The Morgan fingerprint density at radius 3 is 1.21 bits per heavy atom. The molecular formula is C30H30N4O4. The highest BCUT2D eigenvalue weighted by atomic mass is 16.2. The summed E-state index contributed by atoms with van der Waals surface area (Å²) in [5.41, 5.74) is 1.65. The van der Waals surface area contributed by atoms with E-state index < -0.39 is 35.5 Å². The summed E-state index contributed by atoms with van der Waals surface area (Å²) in [7, 11) is 3.54. The molecule has 2 heterocycles. The molecule has 2 fully saturated rings. The summed E-state index contributed by atoms with van der Waals surface area (Å²) < 4.78 is 0. The second kappa shape index (κ2) is 9.96. The first-order valence-electron chi connectivity index (χ1n) is 12.6. The van der Waals surface area contributed by atoms with Crippen LogP contribution in [0.25, 0.3) is 0 Å². The van der Waals surface area contributed by atoms with Crippen molar-refractivity contribution < 1.29 is 19.2 Å². The zero-order chi connectivity index (χ0) is 27.1. The minimum Gasteiger partial charge on any atom is -0.293 e. The number of ketones is 2. The lowest BCUT2D eigenvalue weighted by Gasteiger charge is -2.26. The van der Waals surface area contributed by atoms with Crippen LogP contribution in [0.3, 0.4) is 0 Å². The molecule has 0 radical (unpaired) electrons. The fourth-order valence-corrected chi connectivity index (χ4v) is 5.45. The lowest BCUT2D eigenvalue weighted by atomic mass is 9.84. The topological polar surface area (TPSA) is 81.2 Å². The van der Waals surface area contributed by atoms with Crippen LogP contribution in [-0.2, 0) is 9.59 Å². The van der Waals surface area contributed by atoms with Gasteiger partial charge < -0.3 is 0 Å². The van der Waals surface area contributed by atoms with E-state index in [4.69, 9.17) is 0 Å². The smallest absolute Gasteiger partial charge is 0.254 e. The van der Waals surface area contributed by atoms with Gasteiger partial charge in [-0.2, -0.15) is 0 Å². The van der Waals surface area contributed by atoms with Crippen LogP contribution >= 0.6 is 0 Å². The van der Waals surface area contributed by atoms with Crippen molar-refractivity contribution in [2.75, 3.05) is 24.1 Å². The minimum atomic E-state index is -0.991. The number of nitrogens with zero attached hydrogens (tertiary/aromatic N) is 4. The van der Waals surface area contributed by atoms with Crippen LogP contribution in [0.4, 0.5) is 11.4 Å². The van der Waals surface area contributed by atoms with Crippen LogP contribution < -0.4 is 10.0 Å². The maximum atomic E-state index is 13.9. The van der Waals surface area contributed by atoms with Gasteiger partial charge in [-0.05, 0) is 38.1 Å². The molecular weight excluding hydrogens is 480 g/mol. The third kappa shape index (κ3) is 4.02. The highest BCUT2D eigenvalue weighted by Crippen LogP contribution is 2.35. The first-order valence-corrected chi connectivity index (χ1v) is 12.6. The van der Waals surface area contributed by atoms with Crippen LogP contribution in [0.5, 0.6) is 0 Å². The zero-order valence-electron chi connectivity index (χ0n) is 21.8. The highest BCUT2D eigenvalue weighted by molar-refractivity contribution is 6.23. The van der Waals surface area contributed by atoms with E-state index in [-0.39, 0.29) is 22.9 Å². The van der Waals surface area contributed by atoms with Gasteiger partial charge in [0.2, 0.25) is 0 Å². The SMILES string of the molecule is CC1C(C(=O)c2ccccc2C(=O)C2C(=O)N(c3ccccc3)N(C)C2C)C(=O)N(c2ccccc2)N1C. The molecule has 0 spiro atoms. The molecule has 8 heteroatoms. The lowest BCUT2D eigenvalue weighted by Crippen LogP contribution is -2.38. The van der Waals surface area contributed by atoms with Crippen molar-refractivity contribution in [1.82, 2.24) is 10.0 Å². The Bertz CT molecular complexity index is 1290. The molecule has 38 heavy (non-hydrogen) atoms. The Morgan fingerprint density at radius 1 is 0.553 bits per heavy atom. The number of anilines is 2. The summed E-state index contributed by atoms with van der Waals surface area (Å²) in [5.74, 6) is -3.53. The van der Waals surface area contributed by atoms with Crippen molar-refractivity contribution in [2.45, 2.75) is 25.9 Å².